The molecule has 0 aromatic carbocycles. The Hall–Kier alpha value is -2.36. The Morgan fingerprint density at radius 1 is 1.44 bits per heavy atom. The maximum atomic E-state index is 12.2. The predicted molar refractivity (Wildman–Crippen MR) is 78.2 cm³/mol. The fraction of sp³-hybridized carbons (Fsp3) is 0.533. The number of carboxylic acid groups (broad SMARTS) is 1. The number of aromatic nitrogens is 1. The summed E-state index contributed by atoms with van der Waals surface area (Å²) >= 11 is 0. The molecule has 0 saturated carbocycles. The normalized spacial score (nSPS) is 19.1. The van der Waals surface area contributed by atoms with Gasteiger partial charge in [-0.25, -0.2) is 9.78 Å². The monoisotopic (exact) mass is 362 g/mol. The largest absolute Gasteiger partial charge is 0.480 e. The number of carboxylic acids is 1. The van der Waals surface area contributed by atoms with Gasteiger partial charge in [-0.1, -0.05) is 6.07 Å². The summed E-state index contributed by atoms with van der Waals surface area (Å²) in [6.45, 7) is -0.793. The zero-order valence-electron chi connectivity index (χ0n) is 13.1. The van der Waals surface area contributed by atoms with E-state index in [1.807, 2.05) is 0 Å². The van der Waals surface area contributed by atoms with Gasteiger partial charge in [0.1, 0.15) is 11.7 Å². The van der Waals surface area contributed by atoms with E-state index in [9.17, 15) is 27.9 Å². The van der Waals surface area contributed by atoms with Gasteiger partial charge in [-0.15, -0.1) is 0 Å². The van der Waals surface area contributed by atoms with Crippen molar-refractivity contribution in [2.45, 2.75) is 25.1 Å². The maximum absolute atomic E-state index is 12.2. The van der Waals surface area contributed by atoms with Gasteiger partial charge in [-0.05, 0) is 18.9 Å². The Bertz CT molecular complexity index is 617. The van der Waals surface area contributed by atoms with Crippen LogP contribution in [0.15, 0.2) is 18.2 Å². The molecule has 1 aliphatic heterocycles. The lowest BCUT2D eigenvalue weighted by Crippen LogP contribution is -2.48. The molecule has 2 N–H and O–H groups in total. The third-order valence-electron chi connectivity index (χ3n) is 3.56. The van der Waals surface area contributed by atoms with E-state index in [1.54, 1.807) is 0 Å². The smallest absolute Gasteiger partial charge is 0.422 e. The minimum Gasteiger partial charge on any atom is -0.480 e. The van der Waals surface area contributed by atoms with Crippen LogP contribution in [0.4, 0.5) is 13.2 Å². The predicted octanol–water partition coefficient (Wildman–Crippen LogP) is 1.63. The average molecular weight is 362 g/mol. The Balaban J connectivity index is 2.04. The first-order valence-corrected chi connectivity index (χ1v) is 7.54. The van der Waals surface area contributed by atoms with Crippen LogP contribution in [0.3, 0.4) is 0 Å². The minimum absolute atomic E-state index is 0.208. The second-order valence-electron chi connectivity index (χ2n) is 5.53. The van der Waals surface area contributed by atoms with Crippen LogP contribution in [0.2, 0.25) is 0 Å². The summed E-state index contributed by atoms with van der Waals surface area (Å²) in [5, 5.41) is 11.7. The van der Waals surface area contributed by atoms with E-state index in [-0.39, 0.29) is 24.1 Å². The molecule has 0 bridgehead atoms. The molecular formula is C15H17F3N2O5. The van der Waals surface area contributed by atoms with Crippen LogP contribution in [0.1, 0.15) is 23.3 Å². The highest BCUT2D eigenvalue weighted by Crippen LogP contribution is 2.19. The number of nitrogens with zero attached hydrogens (tertiary/aromatic N) is 1. The molecule has 0 spiro atoms. The van der Waals surface area contributed by atoms with E-state index in [0.717, 1.165) is 0 Å². The molecule has 0 radical (unpaired) electrons. The summed E-state index contributed by atoms with van der Waals surface area (Å²) < 4.78 is 46.2. The Labute approximate surface area is 141 Å². The first kappa shape index (κ1) is 19.0. The van der Waals surface area contributed by atoms with Crippen molar-refractivity contribution >= 4 is 11.9 Å². The highest BCUT2D eigenvalue weighted by molar-refractivity contribution is 5.95. The van der Waals surface area contributed by atoms with Crippen molar-refractivity contribution in [1.82, 2.24) is 10.3 Å². The number of pyridine rings is 1. The van der Waals surface area contributed by atoms with Gasteiger partial charge < -0.3 is 19.9 Å². The van der Waals surface area contributed by atoms with E-state index >= 15 is 0 Å². The van der Waals surface area contributed by atoms with Gasteiger partial charge in [0, 0.05) is 18.6 Å². The Morgan fingerprint density at radius 2 is 2.20 bits per heavy atom. The number of alkyl halides is 3. The summed E-state index contributed by atoms with van der Waals surface area (Å²) in [4.78, 5) is 27.3. The van der Waals surface area contributed by atoms with E-state index < -0.39 is 30.7 Å². The summed E-state index contributed by atoms with van der Waals surface area (Å²) in [6, 6.07) is 2.56. The van der Waals surface area contributed by atoms with Crippen LogP contribution in [0.5, 0.6) is 5.88 Å². The molecule has 2 atom stereocenters. The molecule has 2 rings (SSSR count). The lowest BCUT2D eigenvalue weighted by molar-refractivity contribution is -0.154. The first-order valence-electron chi connectivity index (χ1n) is 7.54. The van der Waals surface area contributed by atoms with Crippen LogP contribution >= 0.6 is 0 Å². The number of halogens is 3. The van der Waals surface area contributed by atoms with Gasteiger partial charge >= 0.3 is 12.1 Å². The molecule has 1 saturated heterocycles. The Morgan fingerprint density at radius 3 is 2.80 bits per heavy atom. The number of carbonyl (C=O) groups excluding carboxylic acids is 1. The second-order valence-corrected chi connectivity index (χ2v) is 5.53. The molecule has 2 heterocycles. The van der Waals surface area contributed by atoms with Crippen molar-refractivity contribution in [2.75, 3.05) is 19.8 Å². The van der Waals surface area contributed by atoms with Crippen LogP contribution < -0.4 is 10.1 Å². The van der Waals surface area contributed by atoms with E-state index in [2.05, 4.69) is 15.0 Å². The quantitative estimate of drug-likeness (QED) is 0.798. The average Bonchev–Trinajstić information content (AvgIpc) is 2.58. The van der Waals surface area contributed by atoms with E-state index in [4.69, 9.17) is 4.74 Å². The Kier molecular flexibility index (Phi) is 6.18. The van der Waals surface area contributed by atoms with Gasteiger partial charge in [0.25, 0.3) is 5.91 Å². The number of nitrogens with one attached hydrogen (secondary N) is 1. The van der Waals surface area contributed by atoms with Gasteiger partial charge in [0.05, 0.1) is 6.61 Å². The summed E-state index contributed by atoms with van der Waals surface area (Å²) in [6.07, 6.45) is -3.27. The standard InChI is InChI=1S/C15H17F3N2O5/c16-15(17,18)8-25-11-5-1-4-10(19-11)13(21)20-12(14(22)23)9-3-2-6-24-7-9/h1,4-5,9,12H,2-3,6-8H2,(H,20,21)(H,22,23). The molecule has 2 unspecified atom stereocenters. The number of rotatable bonds is 6. The zero-order chi connectivity index (χ0) is 18.4. The first-order chi connectivity index (χ1) is 11.8. The lowest BCUT2D eigenvalue weighted by atomic mass is 9.93. The molecule has 10 heteroatoms. The maximum Gasteiger partial charge on any atom is 0.422 e. The van der Waals surface area contributed by atoms with Crippen molar-refractivity contribution in [3.05, 3.63) is 23.9 Å². The summed E-state index contributed by atoms with van der Waals surface area (Å²) in [5.74, 6) is -2.79. The number of hydrogen-bond donors (Lipinski definition) is 2. The number of hydrogen-bond acceptors (Lipinski definition) is 5. The van der Waals surface area contributed by atoms with Crippen molar-refractivity contribution in [3.63, 3.8) is 0 Å². The molecule has 1 aliphatic rings. The molecule has 1 aromatic heterocycles. The highest BCUT2D eigenvalue weighted by Gasteiger charge is 2.32. The van der Waals surface area contributed by atoms with Gasteiger partial charge in [0.2, 0.25) is 5.88 Å². The van der Waals surface area contributed by atoms with E-state index in [0.29, 0.717) is 19.4 Å². The third kappa shape index (κ3) is 5.89. The van der Waals surface area contributed by atoms with Crippen molar-refractivity contribution in [1.29, 1.82) is 0 Å². The molecule has 1 amide bonds. The number of carbonyl (C=O) groups is 2. The van der Waals surface area contributed by atoms with Gasteiger partial charge in [-0.3, -0.25) is 4.79 Å². The van der Waals surface area contributed by atoms with Crippen molar-refractivity contribution < 1.29 is 37.3 Å². The fourth-order valence-corrected chi connectivity index (χ4v) is 2.40. The number of amides is 1. The van der Waals surface area contributed by atoms with Crippen molar-refractivity contribution in [3.8, 4) is 5.88 Å². The molecule has 7 nitrogen and oxygen atoms in total. The van der Waals surface area contributed by atoms with Crippen LogP contribution in [0.25, 0.3) is 0 Å². The molecule has 1 aromatic rings. The molecule has 0 aliphatic carbocycles. The van der Waals surface area contributed by atoms with E-state index in [1.165, 1.54) is 18.2 Å². The second kappa shape index (κ2) is 8.15. The number of ether oxygens (including phenoxy) is 2. The molecule has 138 valence electrons. The van der Waals surface area contributed by atoms with Crippen LogP contribution in [-0.4, -0.2) is 54.0 Å². The van der Waals surface area contributed by atoms with Crippen LogP contribution in [-0.2, 0) is 9.53 Å². The fourth-order valence-electron chi connectivity index (χ4n) is 2.40. The molecule has 25 heavy (non-hydrogen) atoms. The topological polar surface area (TPSA) is 97.8 Å². The number of aliphatic carboxylic acids is 1. The van der Waals surface area contributed by atoms with Gasteiger partial charge in [0.15, 0.2) is 6.61 Å². The minimum atomic E-state index is -4.53. The molecule has 1 fully saturated rings. The zero-order valence-corrected chi connectivity index (χ0v) is 13.1. The van der Waals surface area contributed by atoms with Gasteiger partial charge in [-0.2, -0.15) is 13.2 Å². The van der Waals surface area contributed by atoms with Crippen molar-refractivity contribution in [2.24, 2.45) is 5.92 Å². The summed E-state index contributed by atoms with van der Waals surface area (Å²) in [7, 11) is 0. The summed E-state index contributed by atoms with van der Waals surface area (Å²) in [5.41, 5.74) is -0.234. The molecular weight excluding hydrogens is 345 g/mol. The van der Waals surface area contributed by atoms with Crippen LogP contribution in [0, 0.1) is 5.92 Å². The highest BCUT2D eigenvalue weighted by atomic mass is 19.4. The lowest BCUT2D eigenvalue weighted by Gasteiger charge is -2.27. The SMILES string of the molecule is O=C(NC(C(=O)O)C1CCCOC1)c1cccc(OCC(F)(F)F)n1. The third-order valence-corrected chi connectivity index (χ3v) is 3.56.